The number of methoxy groups -OCH3 is 1. The molecule has 0 radical (unpaired) electrons. The number of aromatic nitrogens is 1. The summed E-state index contributed by atoms with van der Waals surface area (Å²) in [5.41, 5.74) is 0. The molecular formula is C9H14N2O4S. The Balaban J connectivity index is 2.14. The lowest BCUT2D eigenvalue weighted by molar-refractivity contribution is 0.0702. The molecule has 2 N–H and O–H groups in total. The maximum Gasteiger partial charge on any atom is 0.347 e. The van der Waals surface area contributed by atoms with Gasteiger partial charge in [-0.3, -0.25) is 0 Å². The van der Waals surface area contributed by atoms with Crippen molar-refractivity contribution in [1.82, 2.24) is 4.98 Å². The summed E-state index contributed by atoms with van der Waals surface area (Å²) in [6, 6.07) is 0. The highest BCUT2D eigenvalue weighted by Gasteiger charge is 2.07. The van der Waals surface area contributed by atoms with E-state index in [2.05, 4.69) is 10.3 Å². The van der Waals surface area contributed by atoms with Crippen molar-refractivity contribution < 1.29 is 19.4 Å². The number of ether oxygens (including phenoxy) is 2. The average Bonchev–Trinajstić information content (AvgIpc) is 2.72. The van der Waals surface area contributed by atoms with Crippen LogP contribution in [0.25, 0.3) is 0 Å². The molecule has 0 saturated heterocycles. The molecule has 1 heterocycles. The second-order valence-corrected chi connectivity index (χ2v) is 3.90. The SMILES string of the molecule is COCCOCCNc1ncc(C(=O)O)s1. The van der Waals surface area contributed by atoms with Gasteiger partial charge >= 0.3 is 5.97 Å². The summed E-state index contributed by atoms with van der Waals surface area (Å²) >= 11 is 1.11. The van der Waals surface area contributed by atoms with Gasteiger partial charge in [-0.15, -0.1) is 0 Å². The first kappa shape index (κ1) is 12.9. The van der Waals surface area contributed by atoms with Crippen LogP contribution in [-0.2, 0) is 9.47 Å². The van der Waals surface area contributed by atoms with Gasteiger partial charge in [0.05, 0.1) is 26.0 Å². The predicted octanol–water partition coefficient (Wildman–Crippen LogP) is 0.916. The molecule has 0 bridgehead atoms. The molecule has 0 aliphatic rings. The van der Waals surface area contributed by atoms with Crippen LogP contribution in [0.3, 0.4) is 0 Å². The third-order valence-electron chi connectivity index (χ3n) is 1.67. The maximum absolute atomic E-state index is 10.6. The Kier molecular flexibility index (Phi) is 5.76. The molecule has 6 nitrogen and oxygen atoms in total. The molecule has 0 fully saturated rings. The highest BCUT2D eigenvalue weighted by Crippen LogP contribution is 2.17. The van der Waals surface area contributed by atoms with Gasteiger partial charge in [-0.25, -0.2) is 9.78 Å². The Labute approximate surface area is 97.2 Å². The van der Waals surface area contributed by atoms with Crippen molar-refractivity contribution >= 4 is 22.4 Å². The van der Waals surface area contributed by atoms with Gasteiger partial charge in [0, 0.05) is 13.7 Å². The number of nitrogens with one attached hydrogen (secondary N) is 1. The van der Waals surface area contributed by atoms with Crippen LogP contribution in [0.2, 0.25) is 0 Å². The van der Waals surface area contributed by atoms with E-state index < -0.39 is 5.97 Å². The van der Waals surface area contributed by atoms with E-state index in [4.69, 9.17) is 14.6 Å². The largest absolute Gasteiger partial charge is 0.477 e. The Bertz CT molecular complexity index is 329. The van der Waals surface area contributed by atoms with Crippen molar-refractivity contribution in [2.24, 2.45) is 0 Å². The fraction of sp³-hybridized carbons (Fsp3) is 0.556. The van der Waals surface area contributed by atoms with Crippen molar-refractivity contribution in [1.29, 1.82) is 0 Å². The minimum atomic E-state index is -0.957. The number of carbonyl (C=O) groups is 1. The second kappa shape index (κ2) is 7.15. The molecule has 90 valence electrons. The van der Waals surface area contributed by atoms with Crippen LogP contribution in [0.15, 0.2) is 6.20 Å². The van der Waals surface area contributed by atoms with E-state index in [0.717, 1.165) is 11.3 Å². The van der Waals surface area contributed by atoms with Crippen LogP contribution < -0.4 is 5.32 Å². The molecule has 1 aromatic heterocycles. The van der Waals surface area contributed by atoms with Crippen LogP contribution in [0.4, 0.5) is 5.13 Å². The predicted molar refractivity (Wildman–Crippen MR) is 60.3 cm³/mol. The van der Waals surface area contributed by atoms with Crippen LogP contribution in [0.1, 0.15) is 9.67 Å². The lowest BCUT2D eigenvalue weighted by Crippen LogP contribution is -2.11. The number of nitrogens with zero attached hydrogens (tertiary/aromatic N) is 1. The number of aromatic carboxylic acids is 1. The topological polar surface area (TPSA) is 80.7 Å². The second-order valence-electron chi connectivity index (χ2n) is 2.87. The van der Waals surface area contributed by atoms with E-state index in [1.165, 1.54) is 6.20 Å². The third-order valence-corrected chi connectivity index (χ3v) is 2.61. The number of carboxylic acids is 1. The Morgan fingerprint density at radius 2 is 2.38 bits per heavy atom. The number of hydrogen-bond acceptors (Lipinski definition) is 6. The molecule has 0 amide bonds. The zero-order chi connectivity index (χ0) is 11.8. The van der Waals surface area contributed by atoms with Crippen molar-refractivity contribution in [3.63, 3.8) is 0 Å². The molecular weight excluding hydrogens is 232 g/mol. The van der Waals surface area contributed by atoms with Crippen LogP contribution in [0.5, 0.6) is 0 Å². The molecule has 1 rings (SSSR count). The summed E-state index contributed by atoms with van der Waals surface area (Å²) in [4.78, 5) is 14.7. The van der Waals surface area contributed by atoms with Gasteiger partial charge in [0.25, 0.3) is 0 Å². The molecule has 0 aliphatic carbocycles. The Morgan fingerprint density at radius 3 is 3.00 bits per heavy atom. The molecule has 0 unspecified atom stereocenters. The summed E-state index contributed by atoms with van der Waals surface area (Å²) in [7, 11) is 1.62. The van der Waals surface area contributed by atoms with Crippen molar-refractivity contribution in [3.8, 4) is 0 Å². The maximum atomic E-state index is 10.6. The first-order chi connectivity index (χ1) is 7.74. The van der Waals surface area contributed by atoms with E-state index in [-0.39, 0.29) is 4.88 Å². The van der Waals surface area contributed by atoms with E-state index in [1.807, 2.05) is 0 Å². The molecule has 0 atom stereocenters. The number of anilines is 1. The monoisotopic (exact) mass is 246 g/mol. The van der Waals surface area contributed by atoms with Gasteiger partial charge in [0.15, 0.2) is 5.13 Å². The van der Waals surface area contributed by atoms with Gasteiger partial charge in [-0.2, -0.15) is 0 Å². The normalized spacial score (nSPS) is 10.3. The minimum absolute atomic E-state index is 0.225. The quantitative estimate of drug-likeness (QED) is 0.664. The van der Waals surface area contributed by atoms with Crippen LogP contribution >= 0.6 is 11.3 Å². The smallest absolute Gasteiger partial charge is 0.347 e. The Hall–Kier alpha value is -1.18. The summed E-state index contributed by atoms with van der Waals surface area (Å²) in [5, 5.41) is 12.2. The van der Waals surface area contributed by atoms with Gasteiger partial charge in [0.2, 0.25) is 0 Å². The first-order valence-electron chi connectivity index (χ1n) is 4.73. The zero-order valence-electron chi connectivity index (χ0n) is 8.93. The van der Waals surface area contributed by atoms with E-state index in [0.29, 0.717) is 31.5 Å². The number of carboxylic acid groups (broad SMARTS) is 1. The van der Waals surface area contributed by atoms with Gasteiger partial charge in [0.1, 0.15) is 4.88 Å². The molecule has 0 aliphatic heterocycles. The summed E-state index contributed by atoms with van der Waals surface area (Å²) in [6.07, 6.45) is 1.33. The number of hydrogen-bond donors (Lipinski definition) is 2. The molecule has 1 aromatic rings. The van der Waals surface area contributed by atoms with E-state index in [1.54, 1.807) is 7.11 Å². The lowest BCUT2D eigenvalue weighted by Gasteiger charge is -2.03. The van der Waals surface area contributed by atoms with Crippen molar-refractivity contribution in [3.05, 3.63) is 11.1 Å². The van der Waals surface area contributed by atoms with Gasteiger partial charge < -0.3 is 19.9 Å². The fourth-order valence-corrected chi connectivity index (χ4v) is 1.61. The summed E-state index contributed by atoms with van der Waals surface area (Å²) < 4.78 is 10.0. The fourth-order valence-electron chi connectivity index (χ4n) is 0.929. The van der Waals surface area contributed by atoms with Crippen molar-refractivity contribution in [2.75, 3.05) is 38.8 Å². The minimum Gasteiger partial charge on any atom is -0.477 e. The van der Waals surface area contributed by atoms with E-state index in [9.17, 15) is 4.79 Å². The molecule has 0 aromatic carbocycles. The molecule has 7 heteroatoms. The highest BCUT2D eigenvalue weighted by molar-refractivity contribution is 7.17. The van der Waals surface area contributed by atoms with Crippen LogP contribution in [0, 0.1) is 0 Å². The number of thiazole rings is 1. The van der Waals surface area contributed by atoms with Gasteiger partial charge in [-0.1, -0.05) is 11.3 Å². The van der Waals surface area contributed by atoms with Crippen molar-refractivity contribution in [2.45, 2.75) is 0 Å². The number of rotatable bonds is 8. The standard InChI is InChI=1S/C9H14N2O4S/c1-14-4-5-15-3-2-10-9-11-6-7(16-9)8(12)13/h6H,2-5H2,1H3,(H,10,11)(H,12,13). The average molecular weight is 246 g/mol. The molecule has 16 heavy (non-hydrogen) atoms. The zero-order valence-corrected chi connectivity index (χ0v) is 9.75. The Morgan fingerprint density at radius 1 is 1.56 bits per heavy atom. The lowest BCUT2D eigenvalue weighted by atomic mass is 10.6. The highest BCUT2D eigenvalue weighted by atomic mass is 32.1. The summed E-state index contributed by atoms with van der Waals surface area (Å²) in [5.74, 6) is -0.957. The first-order valence-corrected chi connectivity index (χ1v) is 5.55. The van der Waals surface area contributed by atoms with E-state index >= 15 is 0 Å². The third kappa shape index (κ3) is 4.56. The molecule has 0 spiro atoms. The van der Waals surface area contributed by atoms with Gasteiger partial charge in [-0.05, 0) is 0 Å². The summed E-state index contributed by atoms with van der Waals surface area (Å²) in [6.45, 7) is 2.25. The molecule has 0 saturated carbocycles. The van der Waals surface area contributed by atoms with Crippen LogP contribution in [-0.4, -0.2) is 49.5 Å².